The molecular weight excluding hydrogens is 232 g/mol. The van der Waals surface area contributed by atoms with Crippen LogP contribution in [0.2, 0.25) is 0 Å². The van der Waals surface area contributed by atoms with Gasteiger partial charge in [0.2, 0.25) is 5.91 Å². The number of nitrogens with zero attached hydrogens (tertiary/aromatic N) is 1. The van der Waals surface area contributed by atoms with E-state index >= 15 is 0 Å². The molecule has 2 heterocycles. The van der Waals surface area contributed by atoms with Crippen molar-refractivity contribution < 1.29 is 4.79 Å². The molecule has 2 rings (SSSR count). The summed E-state index contributed by atoms with van der Waals surface area (Å²) < 4.78 is 0. The number of likely N-dealkylation sites (N-methyl/N-ethyl adjacent to an activating group) is 1. The normalized spacial score (nSPS) is 22.2. The minimum absolute atomic E-state index is 0.0301. The van der Waals surface area contributed by atoms with E-state index in [9.17, 15) is 4.79 Å². The zero-order valence-corrected chi connectivity index (χ0v) is 11.5. The van der Waals surface area contributed by atoms with Crippen molar-refractivity contribution in [1.82, 2.24) is 10.2 Å². The molecule has 1 saturated heterocycles. The van der Waals surface area contributed by atoms with Gasteiger partial charge in [-0.1, -0.05) is 0 Å². The molecule has 3 nitrogen and oxygen atoms in total. The number of likely N-dealkylation sites (tertiary alicyclic amines) is 1. The Morgan fingerprint density at radius 2 is 2.35 bits per heavy atom. The van der Waals surface area contributed by atoms with Crippen LogP contribution >= 0.6 is 11.3 Å². The van der Waals surface area contributed by atoms with Crippen LogP contribution in [0.25, 0.3) is 0 Å². The van der Waals surface area contributed by atoms with Gasteiger partial charge >= 0.3 is 0 Å². The number of aryl methyl sites for hydroxylation is 1. The third kappa shape index (κ3) is 2.69. The SMILES string of the molecule is CNC1CCN(C(C)Cc2ccc(C)s2)C1=O. The standard InChI is InChI=1S/C13H20N2OS/c1-9(8-11-5-4-10(2)17-11)15-7-6-12(14-3)13(15)16/h4-5,9,12,14H,6-8H2,1-3H3. The van der Waals surface area contributed by atoms with Crippen LogP contribution in [-0.2, 0) is 11.2 Å². The number of hydrogen-bond donors (Lipinski definition) is 1. The molecule has 0 aromatic carbocycles. The summed E-state index contributed by atoms with van der Waals surface area (Å²) in [6.07, 6.45) is 1.91. The van der Waals surface area contributed by atoms with Crippen molar-refractivity contribution in [1.29, 1.82) is 0 Å². The van der Waals surface area contributed by atoms with Gasteiger partial charge in [0.05, 0.1) is 6.04 Å². The Morgan fingerprint density at radius 1 is 1.59 bits per heavy atom. The fourth-order valence-electron chi connectivity index (χ4n) is 2.40. The second-order valence-electron chi connectivity index (χ2n) is 4.73. The van der Waals surface area contributed by atoms with Crippen LogP contribution in [0.4, 0.5) is 0 Å². The maximum absolute atomic E-state index is 12.0. The Balaban J connectivity index is 1.97. The van der Waals surface area contributed by atoms with Gasteiger partial charge in [-0.15, -0.1) is 11.3 Å². The molecule has 4 heteroatoms. The Morgan fingerprint density at radius 3 is 2.88 bits per heavy atom. The van der Waals surface area contributed by atoms with Crippen LogP contribution in [0.5, 0.6) is 0 Å². The van der Waals surface area contributed by atoms with Crippen LogP contribution in [0.15, 0.2) is 12.1 Å². The summed E-state index contributed by atoms with van der Waals surface area (Å²) in [5, 5.41) is 3.08. The van der Waals surface area contributed by atoms with Crippen molar-refractivity contribution in [2.45, 2.75) is 38.8 Å². The lowest BCUT2D eigenvalue weighted by Crippen LogP contribution is -2.41. The molecule has 17 heavy (non-hydrogen) atoms. The van der Waals surface area contributed by atoms with Gasteiger partial charge in [-0.2, -0.15) is 0 Å². The molecule has 1 aromatic heterocycles. The second kappa shape index (κ2) is 5.19. The van der Waals surface area contributed by atoms with Gasteiger partial charge in [-0.05, 0) is 39.4 Å². The molecule has 0 aliphatic carbocycles. The number of hydrogen-bond acceptors (Lipinski definition) is 3. The zero-order valence-electron chi connectivity index (χ0n) is 10.7. The summed E-state index contributed by atoms with van der Waals surface area (Å²) in [4.78, 5) is 16.8. The van der Waals surface area contributed by atoms with Crippen LogP contribution in [0, 0.1) is 6.92 Å². The fraction of sp³-hybridized carbons (Fsp3) is 0.615. The average molecular weight is 252 g/mol. The maximum Gasteiger partial charge on any atom is 0.240 e. The van der Waals surface area contributed by atoms with Crippen molar-refractivity contribution in [2.75, 3.05) is 13.6 Å². The van der Waals surface area contributed by atoms with Gasteiger partial charge < -0.3 is 10.2 Å². The number of carbonyl (C=O) groups is 1. The summed E-state index contributed by atoms with van der Waals surface area (Å²) in [7, 11) is 1.86. The van der Waals surface area contributed by atoms with E-state index in [0.29, 0.717) is 6.04 Å². The molecular formula is C13H20N2OS. The smallest absolute Gasteiger partial charge is 0.240 e. The quantitative estimate of drug-likeness (QED) is 0.886. The van der Waals surface area contributed by atoms with Gasteiger partial charge in [-0.25, -0.2) is 0 Å². The number of nitrogens with one attached hydrogen (secondary N) is 1. The topological polar surface area (TPSA) is 32.3 Å². The van der Waals surface area contributed by atoms with E-state index < -0.39 is 0 Å². The van der Waals surface area contributed by atoms with E-state index in [1.165, 1.54) is 9.75 Å². The van der Waals surface area contributed by atoms with E-state index in [4.69, 9.17) is 0 Å². The largest absolute Gasteiger partial charge is 0.338 e. The monoisotopic (exact) mass is 252 g/mol. The fourth-order valence-corrected chi connectivity index (χ4v) is 3.41. The molecule has 0 spiro atoms. The molecule has 0 saturated carbocycles. The Labute approximate surface area is 107 Å². The summed E-state index contributed by atoms with van der Waals surface area (Å²) in [6.45, 7) is 5.15. The van der Waals surface area contributed by atoms with Crippen LogP contribution in [0.3, 0.4) is 0 Å². The summed E-state index contributed by atoms with van der Waals surface area (Å²) in [5.41, 5.74) is 0. The Bertz CT molecular complexity index is 402. The molecule has 2 unspecified atom stereocenters. The van der Waals surface area contributed by atoms with E-state index in [-0.39, 0.29) is 11.9 Å². The molecule has 0 bridgehead atoms. The first-order valence-electron chi connectivity index (χ1n) is 6.15. The van der Waals surface area contributed by atoms with Crippen LogP contribution in [-0.4, -0.2) is 36.5 Å². The molecule has 94 valence electrons. The van der Waals surface area contributed by atoms with Crippen molar-refractivity contribution in [3.63, 3.8) is 0 Å². The Kier molecular flexibility index (Phi) is 3.84. The minimum Gasteiger partial charge on any atom is -0.338 e. The third-order valence-electron chi connectivity index (χ3n) is 3.41. The van der Waals surface area contributed by atoms with E-state index in [0.717, 1.165) is 19.4 Å². The zero-order chi connectivity index (χ0) is 12.4. The van der Waals surface area contributed by atoms with E-state index in [1.54, 1.807) is 0 Å². The molecule has 1 aliphatic heterocycles. The number of carbonyl (C=O) groups excluding carboxylic acids is 1. The van der Waals surface area contributed by atoms with E-state index in [1.807, 2.05) is 23.3 Å². The highest BCUT2D eigenvalue weighted by molar-refractivity contribution is 7.11. The number of thiophene rings is 1. The van der Waals surface area contributed by atoms with Crippen molar-refractivity contribution >= 4 is 17.2 Å². The molecule has 1 aromatic rings. The first kappa shape index (κ1) is 12.6. The van der Waals surface area contributed by atoms with Crippen LogP contribution < -0.4 is 5.32 Å². The van der Waals surface area contributed by atoms with Crippen molar-refractivity contribution in [3.8, 4) is 0 Å². The summed E-state index contributed by atoms with van der Waals surface area (Å²) >= 11 is 1.83. The highest BCUT2D eigenvalue weighted by atomic mass is 32.1. The number of rotatable bonds is 4. The first-order valence-corrected chi connectivity index (χ1v) is 6.96. The van der Waals surface area contributed by atoms with Crippen molar-refractivity contribution in [3.05, 3.63) is 21.9 Å². The lowest BCUT2D eigenvalue weighted by molar-refractivity contribution is -0.130. The van der Waals surface area contributed by atoms with Gasteiger partial charge in [0, 0.05) is 28.8 Å². The molecule has 2 atom stereocenters. The third-order valence-corrected chi connectivity index (χ3v) is 4.44. The van der Waals surface area contributed by atoms with Crippen LogP contribution in [0.1, 0.15) is 23.1 Å². The molecule has 1 aliphatic rings. The predicted molar refractivity (Wildman–Crippen MR) is 71.4 cm³/mol. The highest BCUT2D eigenvalue weighted by Gasteiger charge is 2.33. The van der Waals surface area contributed by atoms with Gasteiger partial charge in [0.1, 0.15) is 0 Å². The van der Waals surface area contributed by atoms with Gasteiger partial charge in [0.15, 0.2) is 0 Å². The Hall–Kier alpha value is -0.870. The second-order valence-corrected chi connectivity index (χ2v) is 6.10. The summed E-state index contributed by atoms with van der Waals surface area (Å²) in [6, 6.07) is 4.66. The highest BCUT2D eigenvalue weighted by Crippen LogP contribution is 2.21. The average Bonchev–Trinajstić information content (AvgIpc) is 2.85. The number of amides is 1. The first-order chi connectivity index (χ1) is 8.11. The van der Waals surface area contributed by atoms with E-state index in [2.05, 4.69) is 31.3 Å². The maximum atomic E-state index is 12.0. The minimum atomic E-state index is 0.0301. The lowest BCUT2D eigenvalue weighted by atomic mass is 10.2. The van der Waals surface area contributed by atoms with Gasteiger partial charge in [0.25, 0.3) is 0 Å². The predicted octanol–water partition coefficient (Wildman–Crippen LogP) is 1.81. The lowest BCUT2D eigenvalue weighted by Gasteiger charge is -2.24. The summed E-state index contributed by atoms with van der Waals surface area (Å²) in [5.74, 6) is 0.258. The molecule has 1 N–H and O–H groups in total. The molecule has 0 radical (unpaired) electrons. The van der Waals surface area contributed by atoms with Crippen molar-refractivity contribution in [2.24, 2.45) is 0 Å². The van der Waals surface area contributed by atoms with Gasteiger partial charge in [-0.3, -0.25) is 4.79 Å². The molecule has 1 amide bonds. The molecule has 1 fully saturated rings.